The number of rotatable bonds is 8. The van der Waals surface area contributed by atoms with Gasteiger partial charge in [0.25, 0.3) is 0 Å². The van der Waals surface area contributed by atoms with Crippen LogP contribution in [0.3, 0.4) is 0 Å². The Balaban J connectivity index is 3.48. The van der Waals surface area contributed by atoms with Gasteiger partial charge in [-0.25, -0.2) is 0 Å². The van der Waals surface area contributed by atoms with Crippen LogP contribution in [0.1, 0.15) is 33.6 Å². The molecule has 0 bridgehead atoms. The number of carbonyl (C=O) groups is 1. The summed E-state index contributed by atoms with van der Waals surface area (Å²) in [5, 5.41) is 0. The molecule has 90 valence electrons. The zero-order valence-corrected chi connectivity index (χ0v) is 10.1. The van der Waals surface area contributed by atoms with Crippen LogP contribution >= 0.6 is 0 Å². The maximum absolute atomic E-state index is 11.0. The fourth-order valence-electron chi connectivity index (χ4n) is 0.903. The second-order valence-corrected chi connectivity index (χ2v) is 3.62. The van der Waals surface area contributed by atoms with Gasteiger partial charge in [0, 0.05) is 13.5 Å². The van der Waals surface area contributed by atoms with E-state index in [2.05, 4.69) is 0 Å². The fraction of sp³-hybridized carbons (Fsp3) is 0.909. The van der Waals surface area contributed by atoms with E-state index in [1.54, 1.807) is 7.11 Å². The molecule has 0 saturated carbocycles. The topological polar surface area (TPSA) is 44.8 Å². The lowest BCUT2D eigenvalue weighted by Gasteiger charge is -2.16. The van der Waals surface area contributed by atoms with Gasteiger partial charge in [0.2, 0.25) is 0 Å². The Kier molecular flexibility index (Phi) is 8.33. The molecular formula is C11H22O4. The van der Waals surface area contributed by atoms with E-state index in [1.807, 2.05) is 20.8 Å². The van der Waals surface area contributed by atoms with Crippen molar-refractivity contribution < 1.29 is 19.0 Å². The molecule has 4 nitrogen and oxygen atoms in total. The zero-order valence-electron chi connectivity index (χ0n) is 10.1. The Morgan fingerprint density at radius 3 is 2.40 bits per heavy atom. The van der Waals surface area contributed by atoms with Crippen LogP contribution in [-0.2, 0) is 19.0 Å². The van der Waals surface area contributed by atoms with Crippen LogP contribution in [0.5, 0.6) is 0 Å². The van der Waals surface area contributed by atoms with E-state index in [0.717, 1.165) is 6.42 Å². The number of esters is 1. The lowest BCUT2D eigenvalue weighted by molar-refractivity contribution is -0.148. The summed E-state index contributed by atoms with van der Waals surface area (Å²) in [5.41, 5.74) is 0. The molecule has 0 rings (SSSR count). The maximum Gasteiger partial charge on any atom is 0.305 e. The summed E-state index contributed by atoms with van der Waals surface area (Å²) < 4.78 is 15.5. The highest BCUT2D eigenvalue weighted by atomic mass is 16.6. The highest BCUT2D eigenvalue weighted by Crippen LogP contribution is 1.98. The molecule has 0 amide bonds. The predicted octanol–water partition coefficient (Wildman–Crippen LogP) is 1.77. The molecule has 0 heterocycles. The Bertz CT molecular complexity index is 170. The molecule has 0 N–H and O–H groups in total. The van der Waals surface area contributed by atoms with Gasteiger partial charge in [-0.1, -0.05) is 6.92 Å². The van der Waals surface area contributed by atoms with Gasteiger partial charge in [-0.05, 0) is 20.3 Å². The van der Waals surface area contributed by atoms with Crippen molar-refractivity contribution >= 4 is 5.97 Å². The smallest absolute Gasteiger partial charge is 0.305 e. The molecule has 2 unspecified atom stereocenters. The summed E-state index contributed by atoms with van der Waals surface area (Å²) in [6.45, 7) is 6.58. The lowest BCUT2D eigenvalue weighted by Crippen LogP contribution is -2.23. The summed E-state index contributed by atoms with van der Waals surface area (Å²) >= 11 is 0. The van der Waals surface area contributed by atoms with Gasteiger partial charge in [0.05, 0.1) is 18.8 Å². The summed E-state index contributed by atoms with van der Waals surface area (Å²) in [6.07, 6.45) is 1.28. The first kappa shape index (κ1) is 14.4. The lowest BCUT2D eigenvalue weighted by atomic mass is 10.3. The third-order valence-corrected chi connectivity index (χ3v) is 1.95. The monoisotopic (exact) mass is 218 g/mol. The summed E-state index contributed by atoms with van der Waals surface area (Å²) in [4.78, 5) is 11.0. The molecule has 2 atom stereocenters. The first-order valence-electron chi connectivity index (χ1n) is 5.40. The fourth-order valence-corrected chi connectivity index (χ4v) is 0.903. The second kappa shape index (κ2) is 8.68. The van der Waals surface area contributed by atoms with E-state index < -0.39 is 0 Å². The molecule has 0 aromatic heterocycles. The molecule has 0 aromatic carbocycles. The average Bonchev–Trinajstić information content (AvgIpc) is 2.23. The SMILES string of the molecule is CCCC(=O)OCC(C)OCC(C)OC. The summed E-state index contributed by atoms with van der Waals surface area (Å²) in [6, 6.07) is 0. The minimum atomic E-state index is -0.160. The van der Waals surface area contributed by atoms with E-state index in [4.69, 9.17) is 14.2 Å². The molecule has 15 heavy (non-hydrogen) atoms. The molecule has 0 aliphatic heterocycles. The molecule has 0 aliphatic rings. The van der Waals surface area contributed by atoms with Crippen molar-refractivity contribution in [3.63, 3.8) is 0 Å². The van der Waals surface area contributed by atoms with E-state index in [0.29, 0.717) is 19.6 Å². The number of ether oxygens (including phenoxy) is 3. The first-order chi connectivity index (χ1) is 7.10. The van der Waals surface area contributed by atoms with Gasteiger partial charge >= 0.3 is 5.97 Å². The molecule has 0 fully saturated rings. The molecule has 0 radical (unpaired) electrons. The van der Waals surface area contributed by atoms with Crippen LogP contribution in [0, 0.1) is 0 Å². The van der Waals surface area contributed by atoms with Gasteiger partial charge < -0.3 is 14.2 Å². The van der Waals surface area contributed by atoms with Crippen molar-refractivity contribution in [1.29, 1.82) is 0 Å². The number of methoxy groups -OCH3 is 1. The van der Waals surface area contributed by atoms with Crippen LogP contribution < -0.4 is 0 Å². The average molecular weight is 218 g/mol. The molecule has 0 saturated heterocycles. The quantitative estimate of drug-likeness (QED) is 0.582. The van der Waals surface area contributed by atoms with Crippen molar-refractivity contribution in [3.05, 3.63) is 0 Å². The van der Waals surface area contributed by atoms with Crippen molar-refractivity contribution in [2.24, 2.45) is 0 Å². The number of carbonyl (C=O) groups excluding carboxylic acids is 1. The van der Waals surface area contributed by atoms with E-state index in [1.165, 1.54) is 0 Å². The van der Waals surface area contributed by atoms with Gasteiger partial charge in [-0.15, -0.1) is 0 Å². The van der Waals surface area contributed by atoms with Crippen LogP contribution in [-0.4, -0.2) is 38.5 Å². The number of hydrogen-bond donors (Lipinski definition) is 0. The standard InChI is InChI=1S/C11H22O4/c1-5-6-11(12)15-8-10(3)14-7-9(2)13-4/h9-10H,5-8H2,1-4H3. The van der Waals surface area contributed by atoms with Crippen LogP contribution in [0.15, 0.2) is 0 Å². The third-order valence-electron chi connectivity index (χ3n) is 1.95. The van der Waals surface area contributed by atoms with Gasteiger partial charge in [-0.3, -0.25) is 4.79 Å². The minimum absolute atomic E-state index is 0.0683. The van der Waals surface area contributed by atoms with Crippen molar-refractivity contribution in [2.45, 2.75) is 45.8 Å². The van der Waals surface area contributed by atoms with Crippen LogP contribution in [0.25, 0.3) is 0 Å². The highest BCUT2D eigenvalue weighted by Gasteiger charge is 2.08. The van der Waals surface area contributed by atoms with Gasteiger partial charge in [0.1, 0.15) is 6.61 Å². The van der Waals surface area contributed by atoms with Crippen molar-refractivity contribution in [3.8, 4) is 0 Å². The largest absolute Gasteiger partial charge is 0.463 e. The second-order valence-electron chi connectivity index (χ2n) is 3.62. The number of hydrogen-bond acceptors (Lipinski definition) is 4. The van der Waals surface area contributed by atoms with Crippen molar-refractivity contribution in [2.75, 3.05) is 20.3 Å². The van der Waals surface area contributed by atoms with Gasteiger partial charge in [0.15, 0.2) is 0 Å². The molecule has 0 aliphatic carbocycles. The molecular weight excluding hydrogens is 196 g/mol. The summed E-state index contributed by atoms with van der Waals surface area (Å²) in [7, 11) is 1.64. The van der Waals surface area contributed by atoms with Crippen LogP contribution in [0.4, 0.5) is 0 Å². The third kappa shape index (κ3) is 8.39. The minimum Gasteiger partial charge on any atom is -0.463 e. The Hall–Kier alpha value is -0.610. The zero-order chi connectivity index (χ0) is 11.7. The molecule has 0 spiro atoms. The molecule has 4 heteroatoms. The van der Waals surface area contributed by atoms with Crippen LogP contribution in [0.2, 0.25) is 0 Å². The summed E-state index contributed by atoms with van der Waals surface area (Å²) in [5.74, 6) is -0.160. The van der Waals surface area contributed by atoms with E-state index in [9.17, 15) is 4.79 Å². The molecule has 0 aromatic rings. The first-order valence-corrected chi connectivity index (χ1v) is 5.40. The highest BCUT2D eigenvalue weighted by molar-refractivity contribution is 5.69. The maximum atomic E-state index is 11.0. The Labute approximate surface area is 91.9 Å². The van der Waals surface area contributed by atoms with E-state index in [-0.39, 0.29) is 18.2 Å². The van der Waals surface area contributed by atoms with Crippen molar-refractivity contribution in [1.82, 2.24) is 0 Å². The Morgan fingerprint density at radius 1 is 1.20 bits per heavy atom. The van der Waals surface area contributed by atoms with Gasteiger partial charge in [-0.2, -0.15) is 0 Å². The predicted molar refractivity (Wildman–Crippen MR) is 57.8 cm³/mol. The normalized spacial score (nSPS) is 14.7. The van der Waals surface area contributed by atoms with E-state index >= 15 is 0 Å². The Morgan fingerprint density at radius 2 is 1.87 bits per heavy atom.